The Morgan fingerprint density at radius 1 is 1.29 bits per heavy atom. The van der Waals surface area contributed by atoms with E-state index in [0.29, 0.717) is 18.0 Å². The van der Waals surface area contributed by atoms with Gasteiger partial charge in [0.25, 0.3) is 0 Å². The van der Waals surface area contributed by atoms with Crippen molar-refractivity contribution in [2.45, 2.75) is 13.2 Å². The van der Waals surface area contributed by atoms with E-state index in [1.54, 1.807) is 29.5 Å². The first-order chi connectivity index (χ1) is 11.7. The number of halogens is 1. The van der Waals surface area contributed by atoms with Gasteiger partial charge in [-0.3, -0.25) is 4.79 Å². The zero-order valence-electron chi connectivity index (χ0n) is 12.7. The van der Waals surface area contributed by atoms with E-state index in [2.05, 4.69) is 10.5 Å². The summed E-state index contributed by atoms with van der Waals surface area (Å²) in [5, 5.41) is 8.61. The number of nitrogens with zero attached hydrogens (tertiary/aromatic N) is 1. The highest BCUT2D eigenvalue weighted by molar-refractivity contribution is 7.09. The van der Waals surface area contributed by atoms with E-state index in [4.69, 9.17) is 9.26 Å². The van der Waals surface area contributed by atoms with Gasteiger partial charge in [-0.15, -0.1) is 11.3 Å². The van der Waals surface area contributed by atoms with E-state index in [9.17, 15) is 9.18 Å². The lowest BCUT2D eigenvalue weighted by Gasteiger charge is -2.03. The first kappa shape index (κ1) is 16.4. The molecule has 5 nitrogen and oxygen atoms in total. The average molecular weight is 346 g/mol. The molecule has 1 aromatic carbocycles. The molecular formula is C17H15FN2O3S. The van der Waals surface area contributed by atoms with Crippen molar-refractivity contribution in [2.75, 3.05) is 6.61 Å². The van der Waals surface area contributed by atoms with Gasteiger partial charge in [0.2, 0.25) is 5.91 Å². The Balaban J connectivity index is 1.43. The second kappa shape index (κ2) is 7.85. The molecule has 0 bridgehead atoms. The quantitative estimate of drug-likeness (QED) is 0.712. The monoisotopic (exact) mass is 346 g/mol. The van der Waals surface area contributed by atoms with Gasteiger partial charge in [0.05, 0.1) is 13.2 Å². The van der Waals surface area contributed by atoms with E-state index >= 15 is 0 Å². The van der Waals surface area contributed by atoms with Crippen LogP contribution < -0.4 is 5.32 Å². The van der Waals surface area contributed by atoms with E-state index in [1.165, 1.54) is 12.1 Å². The van der Waals surface area contributed by atoms with E-state index in [-0.39, 0.29) is 24.9 Å². The maximum Gasteiger partial charge on any atom is 0.246 e. The molecule has 0 unspecified atom stereocenters. The lowest BCUT2D eigenvalue weighted by atomic mass is 10.1. The Hall–Kier alpha value is -2.51. The highest BCUT2D eigenvalue weighted by Gasteiger charge is 2.08. The highest BCUT2D eigenvalue weighted by Crippen LogP contribution is 2.20. The molecule has 1 amide bonds. The minimum absolute atomic E-state index is 0.0515. The molecule has 3 rings (SSSR count). The molecule has 3 aromatic rings. The van der Waals surface area contributed by atoms with Crippen LogP contribution in [0.15, 0.2) is 52.4 Å². The standard InChI is InChI=1S/C17H15FN2O3S/c18-13-5-3-12(4-6-13)16-8-14(20-23-16)10-22-11-17(21)19-9-15-2-1-7-24-15/h1-8H,9-11H2,(H,19,21). The second-order valence-electron chi connectivity index (χ2n) is 5.04. The van der Waals surface area contributed by atoms with Gasteiger partial charge in [-0.05, 0) is 35.7 Å². The highest BCUT2D eigenvalue weighted by atomic mass is 32.1. The maximum atomic E-state index is 12.9. The molecule has 0 aliphatic carbocycles. The Morgan fingerprint density at radius 3 is 2.88 bits per heavy atom. The number of amides is 1. The van der Waals surface area contributed by atoms with Crippen LogP contribution in [0, 0.1) is 5.82 Å². The Kier molecular flexibility index (Phi) is 5.35. The Bertz CT molecular complexity index is 785. The van der Waals surface area contributed by atoms with Gasteiger partial charge in [-0.1, -0.05) is 11.2 Å². The summed E-state index contributed by atoms with van der Waals surface area (Å²) in [5.41, 5.74) is 1.30. The van der Waals surface area contributed by atoms with Crippen LogP contribution in [-0.2, 0) is 22.7 Å². The molecule has 0 saturated heterocycles. The molecule has 0 aliphatic heterocycles. The summed E-state index contributed by atoms with van der Waals surface area (Å²) < 4.78 is 23.4. The summed E-state index contributed by atoms with van der Waals surface area (Å²) in [4.78, 5) is 12.8. The molecule has 124 valence electrons. The van der Waals surface area contributed by atoms with Gasteiger partial charge in [0.1, 0.15) is 18.1 Å². The third-order valence-electron chi connectivity index (χ3n) is 3.21. The fraction of sp³-hybridized carbons (Fsp3) is 0.176. The summed E-state index contributed by atoms with van der Waals surface area (Å²) in [6.07, 6.45) is 0. The Morgan fingerprint density at radius 2 is 2.12 bits per heavy atom. The van der Waals surface area contributed by atoms with Crippen molar-refractivity contribution in [3.63, 3.8) is 0 Å². The molecule has 0 aliphatic rings. The van der Waals surface area contributed by atoms with Crippen LogP contribution in [0.5, 0.6) is 0 Å². The van der Waals surface area contributed by atoms with Crippen molar-refractivity contribution < 1.29 is 18.4 Å². The van der Waals surface area contributed by atoms with Crippen LogP contribution >= 0.6 is 11.3 Å². The largest absolute Gasteiger partial charge is 0.365 e. The minimum Gasteiger partial charge on any atom is -0.365 e. The zero-order valence-corrected chi connectivity index (χ0v) is 13.5. The van der Waals surface area contributed by atoms with Crippen molar-refractivity contribution in [3.8, 4) is 11.3 Å². The molecular weight excluding hydrogens is 331 g/mol. The summed E-state index contributed by atoms with van der Waals surface area (Å²) in [5.74, 6) is 0.0248. The number of hydrogen-bond acceptors (Lipinski definition) is 5. The fourth-order valence-electron chi connectivity index (χ4n) is 2.03. The van der Waals surface area contributed by atoms with E-state index in [1.807, 2.05) is 17.5 Å². The molecule has 24 heavy (non-hydrogen) atoms. The predicted molar refractivity (Wildman–Crippen MR) is 87.7 cm³/mol. The minimum atomic E-state index is -0.310. The van der Waals surface area contributed by atoms with Gasteiger partial charge >= 0.3 is 0 Å². The maximum absolute atomic E-state index is 12.9. The van der Waals surface area contributed by atoms with Gasteiger partial charge in [0, 0.05) is 16.5 Å². The summed E-state index contributed by atoms with van der Waals surface area (Å²) >= 11 is 1.59. The van der Waals surface area contributed by atoms with Crippen molar-refractivity contribution in [3.05, 3.63) is 64.2 Å². The van der Waals surface area contributed by atoms with Crippen molar-refractivity contribution >= 4 is 17.2 Å². The molecule has 7 heteroatoms. The average Bonchev–Trinajstić information content (AvgIpc) is 3.25. The topological polar surface area (TPSA) is 64.4 Å². The normalized spacial score (nSPS) is 10.7. The lowest BCUT2D eigenvalue weighted by Crippen LogP contribution is -2.26. The smallest absolute Gasteiger partial charge is 0.246 e. The third-order valence-corrected chi connectivity index (χ3v) is 4.09. The van der Waals surface area contributed by atoms with Gasteiger partial charge in [-0.25, -0.2) is 4.39 Å². The summed E-state index contributed by atoms with van der Waals surface area (Å²) in [7, 11) is 0. The van der Waals surface area contributed by atoms with Gasteiger partial charge in [-0.2, -0.15) is 0 Å². The number of thiophene rings is 1. The van der Waals surface area contributed by atoms with Crippen molar-refractivity contribution in [1.82, 2.24) is 10.5 Å². The van der Waals surface area contributed by atoms with Crippen LogP contribution in [0.2, 0.25) is 0 Å². The van der Waals surface area contributed by atoms with Crippen molar-refractivity contribution in [2.24, 2.45) is 0 Å². The number of carbonyl (C=O) groups is 1. The molecule has 0 atom stereocenters. The molecule has 0 fully saturated rings. The van der Waals surface area contributed by atoms with Crippen LogP contribution in [0.4, 0.5) is 4.39 Å². The number of hydrogen-bond donors (Lipinski definition) is 1. The summed E-state index contributed by atoms with van der Waals surface area (Å²) in [6.45, 7) is 0.611. The van der Waals surface area contributed by atoms with Crippen molar-refractivity contribution in [1.29, 1.82) is 0 Å². The zero-order chi connectivity index (χ0) is 16.8. The molecule has 2 heterocycles. The summed E-state index contributed by atoms with van der Waals surface area (Å²) in [6, 6.07) is 11.5. The fourth-order valence-corrected chi connectivity index (χ4v) is 2.67. The first-order valence-corrected chi connectivity index (χ1v) is 8.17. The number of nitrogens with one attached hydrogen (secondary N) is 1. The SMILES string of the molecule is O=C(COCc1cc(-c2ccc(F)cc2)on1)NCc1cccs1. The van der Waals surface area contributed by atoms with Crippen LogP contribution in [-0.4, -0.2) is 17.7 Å². The number of ether oxygens (including phenoxy) is 1. The van der Waals surface area contributed by atoms with Gasteiger partial charge < -0.3 is 14.6 Å². The van der Waals surface area contributed by atoms with Crippen LogP contribution in [0.1, 0.15) is 10.6 Å². The van der Waals surface area contributed by atoms with E-state index in [0.717, 1.165) is 10.4 Å². The second-order valence-corrected chi connectivity index (χ2v) is 6.07. The van der Waals surface area contributed by atoms with Gasteiger partial charge in [0.15, 0.2) is 5.76 Å². The number of rotatable bonds is 7. The molecule has 2 aromatic heterocycles. The number of carbonyl (C=O) groups excluding carboxylic acids is 1. The first-order valence-electron chi connectivity index (χ1n) is 7.29. The third kappa shape index (κ3) is 4.50. The molecule has 0 radical (unpaired) electrons. The van der Waals surface area contributed by atoms with Crippen LogP contribution in [0.3, 0.4) is 0 Å². The van der Waals surface area contributed by atoms with E-state index < -0.39 is 0 Å². The lowest BCUT2D eigenvalue weighted by molar-refractivity contribution is -0.126. The van der Waals surface area contributed by atoms with Crippen LogP contribution in [0.25, 0.3) is 11.3 Å². The molecule has 1 N–H and O–H groups in total. The molecule has 0 spiro atoms. The number of aromatic nitrogens is 1. The number of benzene rings is 1. The Labute approximate surface area is 142 Å². The molecule has 0 saturated carbocycles. The predicted octanol–water partition coefficient (Wildman–Crippen LogP) is 3.38.